The van der Waals surface area contributed by atoms with Gasteiger partial charge in [0.05, 0.1) is 17.8 Å². The molecule has 3 rings (SSSR count). The molecule has 3 fully saturated rings. The van der Waals surface area contributed by atoms with E-state index in [2.05, 4.69) is 20.4 Å². The average molecular weight is 336 g/mol. The fraction of sp³-hybridized carbons (Fsp3) is 0.850. The van der Waals surface area contributed by atoms with E-state index in [0.717, 1.165) is 12.8 Å². The monoisotopic (exact) mass is 336 g/mol. The van der Waals surface area contributed by atoms with Crippen LogP contribution in [0.4, 0.5) is 0 Å². The van der Waals surface area contributed by atoms with Crippen molar-refractivity contribution in [1.29, 1.82) is 0 Å². The lowest BCUT2D eigenvalue weighted by molar-refractivity contribution is -0.293. The van der Waals surface area contributed by atoms with Gasteiger partial charge in [-0.3, -0.25) is 4.79 Å². The first kappa shape index (κ1) is 18.1. The minimum atomic E-state index is -0.764. The third kappa shape index (κ3) is 2.12. The molecule has 24 heavy (non-hydrogen) atoms. The number of aliphatic hydroxyl groups is 2. The molecule has 2 aliphatic carbocycles. The molecule has 4 heteroatoms. The Kier molecular flexibility index (Phi) is 3.88. The van der Waals surface area contributed by atoms with Crippen LogP contribution in [0.1, 0.15) is 60.3 Å². The Morgan fingerprint density at radius 2 is 1.75 bits per heavy atom. The first-order valence-corrected chi connectivity index (χ1v) is 9.15. The Labute approximate surface area is 145 Å². The van der Waals surface area contributed by atoms with Gasteiger partial charge in [0, 0.05) is 17.3 Å². The molecule has 2 saturated carbocycles. The Hall–Kier alpha value is -0.710. The predicted molar refractivity (Wildman–Crippen MR) is 92.4 cm³/mol. The van der Waals surface area contributed by atoms with Gasteiger partial charge in [0.1, 0.15) is 11.4 Å². The predicted octanol–water partition coefficient (Wildman–Crippen LogP) is 2.86. The largest absolute Gasteiger partial charge is 0.392 e. The van der Waals surface area contributed by atoms with Crippen LogP contribution >= 0.6 is 0 Å². The normalized spacial score (nSPS) is 53.9. The maximum absolute atomic E-state index is 12.5. The molecule has 0 bridgehead atoms. The second-order valence-electron chi connectivity index (χ2n) is 9.43. The number of hydrogen-bond acceptors (Lipinski definition) is 4. The molecule has 136 valence electrons. The summed E-state index contributed by atoms with van der Waals surface area (Å²) in [5.74, 6) is 0.256. The van der Waals surface area contributed by atoms with Gasteiger partial charge in [-0.1, -0.05) is 26.8 Å². The van der Waals surface area contributed by atoms with Crippen LogP contribution in [0.15, 0.2) is 12.7 Å². The van der Waals surface area contributed by atoms with Crippen LogP contribution in [0, 0.1) is 22.7 Å². The number of rotatable bonds is 1. The van der Waals surface area contributed by atoms with Crippen molar-refractivity contribution in [3.63, 3.8) is 0 Å². The number of carbonyl (C=O) groups is 1. The van der Waals surface area contributed by atoms with Crippen molar-refractivity contribution in [1.82, 2.24) is 0 Å². The molecular weight excluding hydrogens is 304 g/mol. The van der Waals surface area contributed by atoms with Gasteiger partial charge in [0.15, 0.2) is 0 Å². The van der Waals surface area contributed by atoms with Crippen LogP contribution in [-0.4, -0.2) is 39.4 Å². The highest BCUT2D eigenvalue weighted by atomic mass is 16.5. The molecule has 0 spiro atoms. The maximum atomic E-state index is 12.5. The van der Waals surface area contributed by atoms with Gasteiger partial charge in [-0.05, 0) is 44.9 Å². The van der Waals surface area contributed by atoms with E-state index < -0.39 is 34.2 Å². The minimum absolute atomic E-state index is 0.00847. The van der Waals surface area contributed by atoms with Crippen molar-refractivity contribution >= 4 is 5.78 Å². The lowest BCUT2D eigenvalue weighted by atomic mass is 9.43. The Balaban J connectivity index is 2.06. The summed E-state index contributed by atoms with van der Waals surface area (Å²) in [6.07, 6.45) is 2.79. The fourth-order valence-corrected chi connectivity index (χ4v) is 6.10. The van der Waals surface area contributed by atoms with E-state index in [4.69, 9.17) is 4.74 Å². The molecule has 1 saturated heterocycles. The van der Waals surface area contributed by atoms with Crippen molar-refractivity contribution in [3.05, 3.63) is 12.7 Å². The Morgan fingerprint density at radius 1 is 1.12 bits per heavy atom. The SMILES string of the molecule is C=C[C@]1(C)O[C@@]2(C)CC[C@@H]3C(C)(C)C(=O)C[C@H](O)[C@@]3(C)[C@H]2C[C@H]1O. The van der Waals surface area contributed by atoms with Crippen LogP contribution in [0.3, 0.4) is 0 Å². The lowest BCUT2D eigenvalue weighted by Gasteiger charge is -2.66. The summed E-state index contributed by atoms with van der Waals surface area (Å²) in [5.41, 5.74) is -2.07. The summed E-state index contributed by atoms with van der Waals surface area (Å²) in [4.78, 5) is 12.5. The standard InChI is InChI=1S/C20H32O4/c1-7-18(4)15(22)10-13-19(5,24-18)9-8-12-17(2,3)14(21)11-16(23)20(12,13)6/h7,12-13,15-16,22-23H,1,8-11H2,2-6H3/t12-,13+,15-,16+,18+,19+,20-/m1/s1. The van der Waals surface area contributed by atoms with Gasteiger partial charge >= 0.3 is 0 Å². The first-order chi connectivity index (χ1) is 10.9. The highest BCUT2D eigenvalue weighted by Gasteiger charge is 2.67. The molecule has 0 aromatic carbocycles. The molecule has 1 aliphatic heterocycles. The summed E-state index contributed by atoms with van der Waals surface area (Å²) in [7, 11) is 0. The van der Waals surface area contributed by atoms with Gasteiger partial charge < -0.3 is 14.9 Å². The topological polar surface area (TPSA) is 66.8 Å². The number of aliphatic hydroxyl groups excluding tert-OH is 2. The molecule has 0 aromatic heterocycles. The molecule has 2 N–H and O–H groups in total. The maximum Gasteiger partial charge on any atom is 0.141 e. The van der Waals surface area contributed by atoms with Crippen LogP contribution in [0.2, 0.25) is 0 Å². The van der Waals surface area contributed by atoms with Crippen LogP contribution in [-0.2, 0) is 9.53 Å². The highest BCUT2D eigenvalue weighted by molar-refractivity contribution is 5.86. The van der Waals surface area contributed by atoms with E-state index in [9.17, 15) is 15.0 Å². The van der Waals surface area contributed by atoms with Crippen LogP contribution in [0.25, 0.3) is 0 Å². The van der Waals surface area contributed by atoms with Gasteiger partial charge in [-0.15, -0.1) is 6.58 Å². The molecule has 0 aromatic rings. The van der Waals surface area contributed by atoms with Crippen LogP contribution < -0.4 is 0 Å². The number of Topliss-reactive ketones (excluding diaryl/α,β-unsaturated/α-hetero) is 1. The van der Waals surface area contributed by atoms with E-state index in [1.807, 2.05) is 20.8 Å². The quantitative estimate of drug-likeness (QED) is 0.723. The van der Waals surface area contributed by atoms with E-state index >= 15 is 0 Å². The summed E-state index contributed by atoms with van der Waals surface area (Å²) >= 11 is 0. The van der Waals surface area contributed by atoms with Crippen LogP contribution in [0.5, 0.6) is 0 Å². The number of hydrogen-bond donors (Lipinski definition) is 2. The zero-order valence-electron chi connectivity index (χ0n) is 15.6. The molecule has 4 nitrogen and oxygen atoms in total. The number of fused-ring (bicyclic) bond motifs is 3. The first-order valence-electron chi connectivity index (χ1n) is 9.15. The summed E-state index contributed by atoms with van der Waals surface area (Å²) < 4.78 is 6.42. The lowest BCUT2D eigenvalue weighted by Crippen LogP contribution is -2.70. The smallest absolute Gasteiger partial charge is 0.141 e. The van der Waals surface area contributed by atoms with Crippen molar-refractivity contribution in [2.24, 2.45) is 22.7 Å². The van der Waals surface area contributed by atoms with Crippen molar-refractivity contribution < 1.29 is 19.7 Å². The number of carbonyl (C=O) groups excluding carboxylic acids is 1. The second-order valence-corrected chi connectivity index (χ2v) is 9.43. The van der Waals surface area contributed by atoms with Gasteiger partial charge in [-0.25, -0.2) is 0 Å². The summed E-state index contributed by atoms with van der Waals surface area (Å²) in [6, 6.07) is 0. The third-order valence-corrected chi connectivity index (χ3v) is 7.83. The minimum Gasteiger partial charge on any atom is -0.392 e. The second kappa shape index (κ2) is 5.15. The van der Waals surface area contributed by atoms with E-state index in [0.29, 0.717) is 6.42 Å². The van der Waals surface area contributed by atoms with E-state index in [1.165, 1.54) is 0 Å². The van der Waals surface area contributed by atoms with Gasteiger partial charge in [0.25, 0.3) is 0 Å². The summed E-state index contributed by atoms with van der Waals surface area (Å²) in [6.45, 7) is 14.0. The van der Waals surface area contributed by atoms with E-state index in [1.54, 1.807) is 6.08 Å². The zero-order chi connectivity index (χ0) is 18.1. The van der Waals surface area contributed by atoms with Gasteiger partial charge in [0.2, 0.25) is 0 Å². The summed E-state index contributed by atoms with van der Waals surface area (Å²) in [5, 5.41) is 21.6. The van der Waals surface area contributed by atoms with E-state index in [-0.39, 0.29) is 24.0 Å². The number of ketones is 1. The zero-order valence-corrected chi connectivity index (χ0v) is 15.6. The molecule has 0 radical (unpaired) electrons. The molecule has 7 atom stereocenters. The molecule has 0 unspecified atom stereocenters. The fourth-order valence-electron chi connectivity index (χ4n) is 6.10. The number of ether oxygens (including phenoxy) is 1. The van der Waals surface area contributed by atoms with Gasteiger partial charge in [-0.2, -0.15) is 0 Å². The van der Waals surface area contributed by atoms with Crippen molar-refractivity contribution in [2.45, 2.75) is 83.7 Å². The molecular formula is C20H32O4. The Morgan fingerprint density at radius 3 is 2.33 bits per heavy atom. The molecule has 3 aliphatic rings. The van der Waals surface area contributed by atoms with Crippen molar-refractivity contribution in [2.75, 3.05) is 0 Å². The molecule has 0 amide bonds. The highest BCUT2D eigenvalue weighted by Crippen LogP contribution is 2.64. The Bertz CT molecular complexity index is 570. The van der Waals surface area contributed by atoms with Crippen molar-refractivity contribution in [3.8, 4) is 0 Å². The molecule has 1 heterocycles. The third-order valence-electron chi connectivity index (χ3n) is 7.83. The average Bonchev–Trinajstić information content (AvgIpc) is 2.48.